The second kappa shape index (κ2) is 28.4. The van der Waals surface area contributed by atoms with Crippen LogP contribution in [0.15, 0.2) is 54.6 Å². The fourth-order valence-corrected chi connectivity index (χ4v) is 10.3. The Morgan fingerprint density at radius 1 is 0.586 bits per heavy atom. The van der Waals surface area contributed by atoms with Crippen LogP contribution in [0.1, 0.15) is 121 Å². The van der Waals surface area contributed by atoms with Crippen LogP contribution in [0.5, 0.6) is 0 Å². The second-order valence-electron chi connectivity index (χ2n) is 16.1. The summed E-state index contributed by atoms with van der Waals surface area (Å²) in [5, 5.41) is 6.06. The molecular formula is C46H72N6O4S2. The summed E-state index contributed by atoms with van der Waals surface area (Å²) in [6, 6.07) is 17.7. The van der Waals surface area contributed by atoms with Crippen molar-refractivity contribution in [3.05, 3.63) is 60.2 Å². The van der Waals surface area contributed by atoms with Crippen molar-refractivity contribution < 1.29 is 19.2 Å². The molecule has 2 heterocycles. The monoisotopic (exact) mass is 837 g/mol. The fourth-order valence-electron chi connectivity index (χ4n) is 7.95. The van der Waals surface area contributed by atoms with Gasteiger partial charge in [0.25, 0.3) is 0 Å². The van der Waals surface area contributed by atoms with Gasteiger partial charge in [-0.25, -0.2) is 0 Å². The van der Waals surface area contributed by atoms with E-state index in [-0.39, 0.29) is 35.7 Å². The number of hydrogen-bond acceptors (Lipinski definition) is 8. The van der Waals surface area contributed by atoms with Crippen molar-refractivity contribution in [3.8, 4) is 11.1 Å². The van der Waals surface area contributed by atoms with Crippen molar-refractivity contribution in [2.24, 2.45) is 17.4 Å². The van der Waals surface area contributed by atoms with Gasteiger partial charge in [0.2, 0.25) is 23.6 Å². The fraction of sp³-hybridized carbons (Fsp3) is 0.652. The Morgan fingerprint density at radius 3 is 1.64 bits per heavy atom. The van der Waals surface area contributed by atoms with Gasteiger partial charge >= 0.3 is 0 Å². The summed E-state index contributed by atoms with van der Waals surface area (Å²) in [4.78, 5) is 54.1. The molecule has 2 aliphatic heterocycles. The highest BCUT2D eigenvalue weighted by Crippen LogP contribution is 2.29. The predicted molar refractivity (Wildman–Crippen MR) is 242 cm³/mol. The minimum Gasteiger partial charge on any atom is -0.354 e. The number of rotatable bonds is 23. The molecule has 0 radical (unpaired) electrons. The van der Waals surface area contributed by atoms with Crippen LogP contribution < -0.4 is 22.1 Å². The number of carbonyl (C=O) groups excluding carboxylic acids is 4. The van der Waals surface area contributed by atoms with Crippen molar-refractivity contribution in [3.63, 3.8) is 0 Å². The summed E-state index contributed by atoms with van der Waals surface area (Å²) < 4.78 is 0. The average molecular weight is 837 g/mol. The van der Waals surface area contributed by atoms with Crippen LogP contribution in [-0.2, 0) is 25.6 Å². The van der Waals surface area contributed by atoms with Crippen molar-refractivity contribution in [1.29, 1.82) is 0 Å². The number of amides is 4. The van der Waals surface area contributed by atoms with E-state index in [1.54, 1.807) is 28.4 Å². The van der Waals surface area contributed by atoms with E-state index in [0.29, 0.717) is 43.4 Å². The van der Waals surface area contributed by atoms with E-state index in [4.69, 9.17) is 11.5 Å². The molecule has 4 amide bonds. The van der Waals surface area contributed by atoms with Crippen LogP contribution in [0.2, 0.25) is 0 Å². The molecule has 2 unspecified atom stereocenters. The summed E-state index contributed by atoms with van der Waals surface area (Å²) in [7, 11) is 0. The van der Waals surface area contributed by atoms with Crippen LogP contribution >= 0.6 is 23.5 Å². The van der Waals surface area contributed by atoms with E-state index < -0.39 is 0 Å². The maximum absolute atomic E-state index is 12.9. The Bertz CT molecular complexity index is 1480. The smallest absolute Gasteiger partial charge is 0.243 e. The van der Waals surface area contributed by atoms with Crippen molar-refractivity contribution in [2.75, 3.05) is 49.4 Å². The SMILES string of the molecule is NCCCCCCCNC(=O)C1CSCN1C(=O)CCCC1CCCCC1.NCCCCCCCNC(=O)C1CSCN1C(=O)Cc1ccc(-c2ccccc2)cc1. The highest BCUT2D eigenvalue weighted by Gasteiger charge is 2.35. The number of nitrogens with one attached hydrogen (secondary N) is 2. The third kappa shape index (κ3) is 17.3. The molecule has 1 saturated carbocycles. The number of unbranched alkanes of at least 4 members (excludes halogenated alkanes) is 8. The van der Waals surface area contributed by atoms with Crippen molar-refractivity contribution in [2.45, 2.75) is 134 Å². The van der Waals surface area contributed by atoms with E-state index in [2.05, 4.69) is 34.9 Å². The predicted octanol–water partition coefficient (Wildman–Crippen LogP) is 7.49. The minimum absolute atomic E-state index is 0.0133. The van der Waals surface area contributed by atoms with Gasteiger partial charge in [0.15, 0.2) is 0 Å². The molecule has 0 bridgehead atoms. The minimum atomic E-state index is -0.363. The Hall–Kier alpha value is -3.06. The van der Waals surface area contributed by atoms with Crippen molar-refractivity contribution in [1.82, 2.24) is 20.4 Å². The van der Waals surface area contributed by atoms with Gasteiger partial charge in [-0.2, -0.15) is 0 Å². The van der Waals surface area contributed by atoms with Gasteiger partial charge in [0, 0.05) is 31.0 Å². The topological polar surface area (TPSA) is 151 Å². The lowest BCUT2D eigenvalue weighted by Gasteiger charge is -2.24. The lowest BCUT2D eigenvalue weighted by Crippen LogP contribution is -2.47. The van der Waals surface area contributed by atoms with Gasteiger partial charge in [-0.15, -0.1) is 23.5 Å². The number of thioether (sulfide) groups is 2. The zero-order valence-electron chi connectivity index (χ0n) is 35.0. The number of benzene rings is 2. The van der Waals surface area contributed by atoms with E-state index in [1.807, 2.05) is 35.2 Å². The van der Waals surface area contributed by atoms with Gasteiger partial charge < -0.3 is 31.9 Å². The van der Waals surface area contributed by atoms with Crippen LogP contribution in [0.25, 0.3) is 11.1 Å². The molecule has 322 valence electrons. The third-order valence-electron chi connectivity index (χ3n) is 11.5. The van der Waals surface area contributed by atoms with Crippen molar-refractivity contribution >= 4 is 47.2 Å². The molecule has 58 heavy (non-hydrogen) atoms. The molecule has 2 atom stereocenters. The van der Waals surface area contributed by atoms with Crippen LogP contribution in [0.3, 0.4) is 0 Å². The van der Waals surface area contributed by atoms with Gasteiger partial charge in [-0.05, 0) is 74.2 Å². The highest BCUT2D eigenvalue weighted by molar-refractivity contribution is 7.99. The first-order valence-electron chi connectivity index (χ1n) is 22.3. The zero-order valence-corrected chi connectivity index (χ0v) is 36.7. The summed E-state index contributed by atoms with van der Waals surface area (Å²) in [6.07, 6.45) is 20.9. The lowest BCUT2D eigenvalue weighted by atomic mass is 9.86. The van der Waals surface area contributed by atoms with E-state index in [1.165, 1.54) is 51.4 Å². The van der Waals surface area contributed by atoms with Crippen LogP contribution in [0, 0.1) is 5.92 Å². The molecule has 5 rings (SSSR count). The molecule has 3 fully saturated rings. The Balaban J connectivity index is 0.000000259. The van der Waals surface area contributed by atoms with Crippen LogP contribution in [-0.4, -0.2) is 95.0 Å². The molecule has 12 heteroatoms. The van der Waals surface area contributed by atoms with Crippen LogP contribution in [0.4, 0.5) is 0 Å². The normalized spacial score (nSPS) is 18.1. The van der Waals surface area contributed by atoms with E-state index in [0.717, 1.165) is 99.2 Å². The largest absolute Gasteiger partial charge is 0.354 e. The first-order valence-corrected chi connectivity index (χ1v) is 24.6. The van der Waals surface area contributed by atoms with Gasteiger partial charge in [-0.3, -0.25) is 19.2 Å². The maximum Gasteiger partial charge on any atom is 0.243 e. The molecule has 10 nitrogen and oxygen atoms in total. The van der Waals surface area contributed by atoms with Gasteiger partial charge in [-0.1, -0.05) is 125 Å². The molecule has 0 aromatic heterocycles. The molecule has 2 aromatic carbocycles. The average Bonchev–Trinajstić information content (AvgIpc) is 3.96. The summed E-state index contributed by atoms with van der Waals surface area (Å²) in [5.41, 5.74) is 14.3. The first kappa shape index (κ1) is 47.6. The quantitative estimate of drug-likeness (QED) is 0.0842. The molecule has 2 saturated heterocycles. The van der Waals surface area contributed by atoms with Gasteiger partial charge in [0.1, 0.15) is 12.1 Å². The lowest BCUT2D eigenvalue weighted by molar-refractivity contribution is -0.138. The number of nitrogens with zero attached hydrogens (tertiary/aromatic N) is 2. The van der Waals surface area contributed by atoms with E-state index >= 15 is 0 Å². The third-order valence-corrected chi connectivity index (χ3v) is 13.5. The molecule has 3 aliphatic rings. The second-order valence-corrected chi connectivity index (χ2v) is 18.1. The van der Waals surface area contributed by atoms with Gasteiger partial charge in [0.05, 0.1) is 18.2 Å². The number of hydrogen-bond donors (Lipinski definition) is 4. The van der Waals surface area contributed by atoms with E-state index in [9.17, 15) is 19.2 Å². The summed E-state index contributed by atoms with van der Waals surface area (Å²) >= 11 is 3.34. The summed E-state index contributed by atoms with van der Waals surface area (Å²) in [5.74, 6) is 3.65. The zero-order chi connectivity index (χ0) is 41.2. The molecule has 6 N–H and O–H groups in total. The molecule has 0 spiro atoms. The standard InChI is InChI=1S/C25H33N3O2S.C21H39N3O2S/c26-15-7-2-1-3-8-16-27-25(30)23-18-31-19-28(23)24(29)17-20-11-13-22(14-12-20)21-9-5-4-6-10-21;22-14-7-2-1-3-8-15-23-21(26)19-16-27-17-24(19)20(25)13-9-12-18-10-5-4-6-11-18/h4-6,9-14,23H,1-3,7-8,15-19,26H2,(H,27,30);18-19H,1-17,22H2,(H,23,26). The summed E-state index contributed by atoms with van der Waals surface area (Å²) in [6.45, 7) is 2.90. The first-order chi connectivity index (χ1) is 28.4. The number of carbonyl (C=O) groups is 4. The molecular weight excluding hydrogens is 765 g/mol. The maximum atomic E-state index is 12.9. The Labute approximate surface area is 357 Å². The Kier molecular flexibility index (Phi) is 23.3. The Morgan fingerprint density at radius 2 is 1.09 bits per heavy atom. The number of nitrogens with two attached hydrogens (primary N) is 2. The molecule has 2 aromatic rings. The molecule has 1 aliphatic carbocycles. The highest BCUT2D eigenvalue weighted by atomic mass is 32.2.